The number of hydrogen-bond acceptors (Lipinski definition) is 2. The van der Waals surface area contributed by atoms with Crippen LogP contribution < -0.4 is 0 Å². The summed E-state index contributed by atoms with van der Waals surface area (Å²) in [5.41, 5.74) is 0.622. The Morgan fingerprint density at radius 2 is 2.14 bits per heavy atom. The van der Waals surface area contributed by atoms with E-state index in [1.54, 1.807) is 4.57 Å². The van der Waals surface area contributed by atoms with Gasteiger partial charge in [0, 0.05) is 19.8 Å². The van der Waals surface area contributed by atoms with E-state index in [4.69, 9.17) is 16.3 Å². The number of fused-ring (bicyclic) bond motifs is 1. The Balaban J connectivity index is 1.73. The second-order valence-electron chi connectivity index (χ2n) is 5.41. The predicted molar refractivity (Wildman–Crippen MR) is 77.4 cm³/mol. The minimum Gasteiger partial charge on any atom is -0.381 e. The molecule has 21 heavy (non-hydrogen) atoms. The molecule has 0 saturated heterocycles. The standard InChI is InChI=1S/C15H17ClF2N2O/c16-8-13-19-12-5-4-11(17)14(18)15(12)20(13)6-1-7-21-9-10-2-3-10/h4-5,10H,1-3,6-9H2. The molecule has 0 radical (unpaired) electrons. The van der Waals surface area contributed by atoms with Gasteiger partial charge in [0.2, 0.25) is 0 Å². The quantitative estimate of drug-likeness (QED) is 0.573. The third kappa shape index (κ3) is 3.19. The third-order valence-corrected chi connectivity index (χ3v) is 3.96. The highest BCUT2D eigenvalue weighted by atomic mass is 35.5. The van der Waals surface area contributed by atoms with Crippen molar-refractivity contribution < 1.29 is 13.5 Å². The van der Waals surface area contributed by atoms with Crippen molar-refractivity contribution in [2.45, 2.75) is 31.7 Å². The highest BCUT2D eigenvalue weighted by Gasteiger charge is 2.21. The van der Waals surface area contributed by atoms with Gasteiger partial charge in [0.05, 0.1) is 11.4 Å². The summed E-state index contributed by atoms with van der Waals surface area (Å²) >= 11 is 5.85. The predicted octanol–water partition coefficient (Wildman–Crippen LogP) is 3.87. The molecule has 1 saturated carbocycles. The lowest BCUT2D eigenvalue weighted by atomic mass is 10.3. The Hall–Kier alpha value is -1.20. The Bertz CT molecular complexity index is 640. The first kappa shape index (κ1) is 14.7. The minimum absolute atomic E-state index is 0.165. The van der Waals surface area contributed by atoms with Gasteiger partial charge in [-0.05, 0) is 37.3 Å². The van der Waals surface area contributed by atoms with E-state index < -0.39 is 11.6 Å². The number of rotatable bonds is 7. The molecule has 0 N–H and O–H groups in total. The molecule has 3 nitrogen and oxygen atoms in total. The topological polar surface area (TPSA) is 27.1 Å². The maximum absolute atomic E-state index is 14.0. The van der Waals surface area contributed by atoms with Crippen molar-refractivity contribution in [1.82, 2.24) is 9.55 Å². The zero-order valence-electron chi connectivity index (χ0n) is 11.6. The Kier molecular flexibility index (Phi) is 4.40. The lowest BCUT2D eigenvalue weighted by Crippen LogP contribution is -2.08. The number of halogens is 3. The molecule has 114 valence electrons. The summed E-state index contributed by atoms with van der Waals surface area (Å²) in [5, 5.41) is 0. The molecule has 1 aliphatic carbocycles. The first-order valence-corrected chi connectivity index (χ1v) is 7.71. The van der Waals surface area contributed by atoms with Crippen LogP contribution in [0.15, 0.2) is 12.1 Å². The molecule has 0 unspecified atom stereocenters. The molecule has 1 aromatic heterocycles. The fourth-order valence-electron chi connectivity index (χ4n) is 2.41. The molecular weight excluding hydrogens is 298 g/mol. The van der Waals surface area contributed by atoms with Crippen molar-refractivity contribution >= 4 is 22.6 Å². The van der Waals surface area contributed by atoms with Crippen LogP contribution in [0.25, 0.3) is 11.0 Å². The van der Waals surface area contributed by atoms with Crippen molar-refractivity contribution in [1.29, 1.82) is 0 Å². The van der Waals surface area contributed by atoms with E-state index in [9.17, 15) is 8.78 Å². The number of hydrogen-bond donors (Lipinski definition) is 0. The van der Waals surface area contributed by atoms with Gasteiger partial charge in [-0.2, -0.15) is 0 Å². The van der Waals surface area contributed by atoms with E-state index in [0.717, 1.165) is 25.0 Å². The molecular formula is C15H17ClF2N2O. The van der Waals surface area contributed by atoms with Gasteiger partial charge in [-0.25, -0.2) is 13.8 Å². The molecule has 0 amide bonds. The molecule has 1 aliphatic rings. The van der Waals surface area contributed by atoms with Crippen molar-refractivity contribution in [3.63, 3.8) is 0 Å². The number of alkyl halides is 1. The van der Waals surface area contributed by atoms with Crippen LogP contribution in [-0.2, 0) is 17.2 Å². The Labute approximate surface area is 126 Å². The first-order valence-electron chi connectivity index (χ1n) is 7.17. The molecule has 6 heteroatoms. The summed E-state index contributed by atoms with van der Waals surface area (Å²) in [6.45, 7) is 1.93. The summed E-state index contributed by atoms with van der Waals surface area (Å²) in [7, 11) is 0. The fraction of sp³-hybridized carbons (Fsp3) is 0.533. The van der Waals surface area contributed by atoms with Crippen molar-refractivity contribution in [2.24, 2.45) is 5.92 Å². The monoisotopic (exact) mass is 314 g/mol. The fourth-order valence-corrected chi connectivity index (χ4v) is 2.61. The largest absolute Gasteiger partial charge is 0.381 e. The Morgan fingerprint density at radius 1 is 1.33 bits per heavy atom. The van der Waals surface area contributed by atoms with Gasteiger partial charge in [0.25, 0.3) is 0 Å². The maximum Gasteiger partial charge on any atom is 0.184 e. The molecule has 0 bridgehead atoms. The second-order valence-corrected chi connectivity index (χ2v) is 5.68. The molecule has 3 rings (SSSR count). The molecule has 0 spiro atoms. The smallest absolute Gasteiger partial charge is 0.184 e. The van der Waals surface area contributed by atoms with E-state index in [1.807, 2.05) is 0 Å². The normalized spacial score (nSPS) is 15.0. The maximum atomic E-state index is 14.0. The molecule has 1 aromatic carbocycles. The minimum atomic E-state index is -0.866. The van der Waals surface area contributed by atoms with Crippen LogP contribution >= 0.6 is 11.6 Å². The Morgan fingerprint density at radius 3 is 2.86 bits per heavy atom. The lowest BCUT2D eigenvalue weighted by molar-refractivity contribution is 0.119. The summed E-state index contributed by atoms with van der Waals surface area (Å²) in [6.07, 6.45) is 3.23. The molecule has 1 fully saturated rings. The van der Waals surface area contributed by atoms with Crippen LogP contribution in [0.3, 0.4) is 0 Å². The summed E-state index contributed by atoms with van der Waals surface area (Å²) in [4.78, 5) is 4.25. The number of benzene rings is 1. The summed E-state index contributed by atoms with van der Waals surface area (Å²) < 4.78 is 34.6. The highest BCUT2D eigenvalue weighted by molar-refractivity contribution is 6.16. The van der Waals surface area contributed by atoms with Crippen LogP contribution in [-0.4, -0.2) is 22.8 Å². The van der Waals surface area contributed by atoms with E-state index in [2.05, 4.69) is 4.98 Å². The molecule has 2 aromatic rings. The van der Waals surface area contributed by atoms with Crippen LogP contribution in [0.2, 0.25) is 0 Å². The summed E-state index contributed by atoms with van der Waals surface area (Å²) in [5.74, 6) is -0.286. The van der Waals surface area contributed by atoms with Crippen molar-refractivity contribution in [3.05, 3.63) is 29.6 Å². The van der Waals surface area contributed by atoms with Crippen LogP contribution in [0.4, 0.5) is 8.78 Å². The molecule has 1 heterocycles. The number of aromatic nitrogens is 2. The highest BCUT2D eigenvalue weighted by Crippen LogP contribution is 2.29. The van der Waals surface area contributed by atoms with E-state index in [-0.39, 0.29) is 11.4 Å². The summed E-state index contributed by atoms with van der Waals surface area (Å²) in [6, 6.07) is 2.57. The van der Waals surface area contributed by atoms with Crippen molar-refractivity contribution in [3.8, 4) is 0 Å². The number of nitrogens with zero attached hydrogens (tertiary/aromatic N) is 2. The average Bonchev–Trinajstić information content (AvgIpc) is 3.23. The van der Waals surface area contributed by atoms with Gasteiger partial charge in [-0.15, -0.1) is 11.6 Å². The number of ether oxygens (including phenoxy) is 1. The average molecular weight is 315 g/mol. The van der Waals surface area contributed by atoms with Gasteiger partial charge in [-0.3, -0.25) is 0 Å². The van der Waals surface area contributed by atoms with Crippen LogP contribution in [0, 0.1) is 17.6 Å². The molecule has 0 aliphatic heterocycles. The van der Waals surface area contributed by atoms with Gasteiger partial charge >= 0.3 is 0 Å². The first-order chi connectivity index (χ1) is 10.2. The van der Waals surface area contributed by atoms with Gasteiger partial charge in [0.15, 0.2) is 11.6 Å². The number of aryl methyl sites for hydroxylation is 1. The van der Waals surface area contributed by atoms with E-state index >= 15 is 0 Å². The SMILES string of the molecule is Fc1ccc2nc(CCl)n(CCCOCC3CC3)c2c1F. The van der Waals surface area contributed by atoms with Crippen LogP contribution in [0.1, 0.15) is 25.1 Å². The third-order valence-electron chi connectivity index (χ3n) is 3.72. The van der Waals surface area contributed by atoms with Gasteiger partial charge in [-0.1, -0.05) is 0 Å². The van der Waals surface area contributed by atoms with Crippen molar-refractivity contribution in [2.75, 3.05) is 13.2 Å². The van der Waals surface area contributed by atoms with E-state index in [1.165, 1.54) is 18.9 Å². The molecule has 0 atom stereocenters. The second kappa shape index (κ2) is 6.28. The van der Waals surface area contributed by atoms with Gasteiger partial charge < -0.3 is 9.30 Å². The lowest BCUT2D eigenvalue weighted by Gasteiger charge is -2.09. The van der Waals surface area contributed by atoms with Gasteiger partial charge in [0.1, 0.15) is 11.3 Å². The van der Waals surface area contributed by atoms with Crippen LogP contribution in [0.5, 0.6) is 0 Å². The zero-order valence-corrected chi connectivity index (χ0v) is 12.4. The van der Waals surface area contributed by atoms with E-state index in [0.29, 0.717) is 24.5 Å². The zero-order chi connectivity index (χ0) is 14.8. The number of imidazole rings is 1.